The molecular weight excluding hydrogens is 319 g/mol. The van der Waals surface area contributed by atoms with Crippen LogP contribution in [0.5, 0.6) is 0 Å². The van der Waals surface area contributed by atoms with Gasteiger partial charge in [-0.25, -0.2) is 0 Å². The van der Waals surface area contributed by atoms with Crippen LogP contribution in [0, 0.1) is 0 Å². The number of hydrogen-bond acceptors (Lipinski definition) is 1. The van der Waals surface area contributed by atoms with E-state index in [0.29, 0.717) is 21.3 Å². The second kappa shape index (κ2) is 6.26. The van der Waals surface area contributed by atoms with Gasteiger partial charge in [-0.05, 0) is 54.6 Å². The highest BCUT2D eigenvalue weighted by atomic mass is 35.5. The Labute approximate surface area is 138 Å². The second-order valence-electron chi connectivity index (χ2n) is 4.72. The smallest absolute Gasteiger partial charge is 0.257 e. The molecule has 0 aliphatic heterocycles. The van der Waals surface area contributed by atoms with Crippen molar-refractivity contribution in [1.29, 1.82) is 0 Å². The first-order valence-electron chi connectivity index (χ1n) is 6.63. The maximum absolute atomic E-state index is 12.2. The predicted molar refractivity (Wildman–Crippen MR) is 90.2 cm³/mol. The first kappa shape index (κ1) is 14.7. The van der Waals surface area contributed by atoms with Gasteiger partial charge in [0, 0.05) is 28.8 Å². The number of rotatable bonds is 3. The van der Waals surface area contributed by atoms with Crippen LogP contribution in [0.2, 0.25) is 10.0 Å². The van der Waals surface area contributed by atoms with E-state index >= 15 is 0 Å². The molecule has 3 nitrogen and oxygen atoms in total. The van der Waals surface area contributed by atoms with E-state index in [4.69, 9.17) is 23.2 Å². The quantitative estimate of drug-likeness (QED) is 0.717. The van der Waals surface area contributed by atoms with Gasteiger partial charge in [-0.2, -0.15) is 0 Å². The molecule has 1 amide bonds. The molecule has 22 heavy (non-hydrogen) atoms. The predicted octanol–water partition coefficient (Wildman–Crippen LogP) is 5.04. The minimum absolute atomic E-state index is 0.268. The molecule has 1 N–H and O–H groups in total. The van der Waals surface area contributed by atoms with Gasteiger partial charge in [0.2, 0.25) is 0 Å². The van der Waals surface area contributed by atoms with Crippen molar-refractivity contribution in [3.05, 3.63) is 82.6 Å². The number of halogens is 2. The summed E-state index contributed by atoms with van der Waals surface area (Å²) in [7, 11) is 0. The fourth-order valence-electron chi connectivity index (χ4n) is 2.10. The fraction of sp³-hybridized carbons (Fsp3) is 0. The molecule has 0 spiro atoms. The largest absolute Gasteiger partial charge is 0.324 e. The maximum Gasteiger partial charge on any atom is 0.257 e. The first-order chi connectivity index (χ1) is 10.6. The average molecular weight is 331 g/mol. The number of carbonyl (C=O) groups is 1. The summed E-state index contributed by atoms with van der Waals surface area (Å²) in [5.74, 6) is -0.268. The summed E-state index contributed by atoms with van der Waals surface area (Å²) in [6.07, 6.45) is 3.92. The maximum atomic E-state index is 12.2. The van der Waals surface area contributed by atoms with E-state index in [9.17, 15) is 4.79 Å². The van der Waals surface area contributed by atoms with Crippen molar-refractivity contribution in [2.45, 2.75) is 0 Å². The summed E-state index contributed by atoms with van der Waals surface area (Å²) in [5, 5.41) is 3.64. The van der Waals surface area contributed by atoms with Crippen molar-refractivity contribution in [1.82, 2.24) is 4.57 Å². The third-order valence-electron chi connectivity index (χ3n) is 3.20. The van der Waals surface area contributed by atoms with Crippen LogP contribution in [0.4, 0.5) is 5.69 Å². The number of benzene rings is 2. The van der Waals surface area contributed by atoms with Crippen LogP contribution in [0.25, 0.3) is 5.69 Å². The van der Waals surface area contributed by atoms with Crippen LogP contribution in [0.15, 0.2) is 67.0 Å². The van der Waals surface area contributed by atoms with Crippen molar-refractivity contribution in [3.63, 3.8) is 0 Å². The van der Waals surface area contributed by atoms with E-state index in [1.54, 1.807) is 18.2 Å². The van der Waals surface area contributed by atoms with Crippen LogP contribution < -0.4 is 5.32 Å². The Bertz CT molecular complexity index is 796. The average Bonchev–Trinajstić information content (AvgIpc) is 3.02. The van der Waals surface area contributed by atoms with Crippen LogP contribution in [-0.4, -0.2) is 10.5 Å². The second-order valence-corrected chi connectivity index (χ2v) is 5.56. The minimum Gasteiger partial charge on any atom is -0.324 e. The molecule has 0 aliphatic carbocycles. The topological polar surface area (TPSA) is 34.0 Å². The number of nitrogens with zero attached hydrogens (tertiary/aromatic N) is 1. The first-order valence-corrected chi connectivity index (χ1v) is 7.39. The number of anilines is 1. The minimum atomic E-state index is -0.268. The third-order valence-corrected chi connectivity index (χ3v) is 3.75. The standard InChI is InChI=1S/C17H12Cl2N2O/c18-12-3-8-15(16(19)11-12)17(22)20-13-4-6-14(7-5-13)21-9-1-2-10-21/h1-11H,(H,20,22). The van der Waals surface area contributed by atoms with Crippen LogP contribution >= 0.6 is 23.2 Å². The summed E-state index contributed by atoms with van der Waals surface area (Å²) in [4.78, 5) is 12.2. The molecule has 0 saturated heterocycles. The molecule has 0 atom stereocenters. The third kappa shape index (κ3) is 3.16. The van der Waals surface area contributed by atoms with Crippen LogP contribution in [-0.2, 0) is 0 Å². The summed E-state index contributed by atoms with van der Waals surface area (Å²) in [5.41, 5.74) is 2.11. The number of carbonyl (C=O) groups excluding carboxylic acids is 1. The molecule has 0 saturated carbocycles. The summed E-state index contributed by atoms with van der Waals surface area (Å²) >= 11 is 11.9. The van der Waals surface area contributed by atoms with Gasteiger partial charge in [0.25, 0.3) is 5.91 Å². The van der Waals surface area contributed by atoms with Crippen molar-refractivity contribution in [3.8, 4) is 5.69 Å². The highest BCUT2D eigenvalue weighted by molar-refractivity contribution is 6.37. The van der Waals surface area contributed by atoms with E-state index in [0.717, 1.165) is 5.69 Å². The lowest BCUT2D eigenvalue weighted by Gasteiger charge is -2.08. The Morgan fingerprint density at radius 1 is 0.955 bits per heavy atom. The Kier molecular flexibility index (Phi) is 4.18. The molecule has 2 aromatic carbocycles. The zero-order chi connectivity index (χ0) is 15.5. The molecule has 0 radical (unpaired) electrons. The van der Waals surface area contributed by atoms with Gasteiger partial charge in [0.15, 0.2) is 0 Å². The Hall–Kier alpha value is -2.23. The molecule has 110 valence electrons. The van der Waals surface area contributed by atoms with Crippen molar-refractivity contribution in [2.24, 2.45) is 0 Å². The van der Waals surface area contributed by atoms with E-state index < -0.39 is 0 Å². The van der Waals surface area contributed by atoms with Crippen molar-refractivity contribution < 1.29 is 4.79 Å². The van der Waals surface area contributed by atoms with E-state index in [1.807, 2.05) is 53.4 Å². The lowest BCUT2D eigenvalue weighted by Crippen LogP contribution is -2.12. The number of hydrogen-bond donors (Lipinski definition) is 1. The highest BCUT2D eigenvalue weighted by Crippen LogP contribution is 2.22. The van der Waals surface area contributed by atoms with Gasteiger partial charge in [-0.1, -0.05) is 23.2 Å². The van der Waals surface area contributed by atoms with Crippen LogP contribution in [0.1, 0.15) is 10.4 Å². The van der Waals surface area contributed by atoms with Gasteiger partial charge in [0.05, 0.1) is 10.6 Å². The summed E-state index contributed by atoms with van der Waals surface area (Å²) in [6.45, 7) is 0. The molecule has 1 heterocycles. The fourth-order valence-corrected chi connectivity index (χ4v) is 2.59. The van der Waals surface area contributed by atoms with Gasteiger partial charge >= 0.3 is 0 Å². The molecule has 0 unspecified atom stereocenters. The zero-order valence-electron chi connectivity index (χ0n) is 11.5. The molecule has 3 rings (SSSR count). The highest BCUT2D eigenvalue weighted by Gasteiger charge is 2.11. The number of aromatic nitrogens is 1. The normalized spacial score (nSPS) is 10.5. The van der Waals surface area contributed by atoms with Crippen molar-refractivity contribution in [2.75, 3.05) is 5.32 Å². The molecule has 0 bridgehead atoms. The molecule has 0 aliphatic rings. The molecular formula is C17H12Cl2N2O. The zero-order valence-corrected chi connectivity index (χ0v) is 13.0. The monoisotopic (exact) mass is 330 g/mol. The summed E-state index contributed by atoms with van der Waals surface area (Å²) in [6, 6.07) is 16.3. The lowest BCUT2D eigenvalue weighted by atomic mass is 10.2. The Morgan fingerprint density at radius 2 is 1.64 bits per heavy atom. The lowest BCUT2D eigenvalue weighted by molar-refractivity contribution is 0.102. The van der Waals surface area contributed by atoms with Crippen molar-refractivity contribution >= 4 is 34.8 Å². The summed E-state index contributed by atoms with van der Waals surface area (Å²) < 4.78 is 1.99. The molecule has 0 fully saturated rings. The van der Waals surface area contributed by atoms with E-state index in [-0.39, 0.29) is 5.91 Å². The van der Waals surface area contributed by atoms with Gasteiger partial charge in [-0.3, -0.25) is 4.79 Å². The number of nitrogens with one attached hydrogen (secondary N) is 1. The molecule has 5 heteroatoms. The molecule has 3 aromatic rings. The van der Waals surface area contributed by atoms with Crippen LogP contribution in [0.3, 0.4) is 0 Å². The SMILES string of the molecule is O=C(Nc1ccc(-n2cccc2)cc1)c1ccc(Cl)cc1Cl. The molecule has 1 aromatic heterocycles. The van der Waals surface area contributed by atoms with Gasteiger partial charge in [0.1, 0.15) is 0 Å². The van der Waals surface area contributed by atoms with Gasteiger partial charge in [-0.15, -0.1) is 0 Å². The Balaban J connectivity index is 1.77. The van der Waals surface area contributed by atoms with E-state index in [2.05, 4.69) is 5.32 Å². The van der Waals surface area contributed by atoms with Gasteiger partial charge < -0.3 is 9.88 Å². The Morgan fingerprint density at radius 3 is 2.27 bits per heavy atom. The number of amides is 1. The van der Waals surface area contributed by atoms with E-state index in [1.165, 1.54) is 0 Å².